The topological polar surface area (TPSA) is 67.8 Å². The zero-order valence-corrected chi connectivity index (χ0v) is 14.6. The summed E-state index contributed by atoms with van der Waals surface area (Å²) < 4.78 is 5.28. The van der Waals surface area contributed by atoms with Gasteiger partial charge in [0.2, 0.25) is 5.91 Å². The molecule has 0 fully saturated rings. The lowest BCUT2D eigenvalue weighted by atomic mass is 10.1. The van der Waals surface area contributed by atoms with E-state index < -0.39 is 0 Å². The second-order valence-electron chi connectivity index (χ2n) is 5.39. The molecule has 130 valence electrons. The highest BCUT2D eigenvalue weighted by molar-refractivity contribution is 7.12. The van der Waals surface area contributed by atoms with Crippen molar-refractivity contribution in [2.45, 2.75) is 6.42 Å². The Bertz CT molecular complexity index is 889. The number of amides is 1. The highest BCUT2D eigenvalue weighted by atomic mass is 32.1. The van der Waals surface area contributed by atoms with Crippen LogP contribution in [-0.4, -0.2) is 18.1 Å². The molecule has 3 aromatic rings. The Morgan fingerprint density at radius 1 is 1.00 bits per heavy atom. The molecule has 0 bridgehead atoms. The van der Waals surface area contributed by atoms with E-state index in [1.54, 1.807) is 36.4 Å². The van der Waals surface area contributed by atoms with E-state index in [0.29, 0.717) is 10.6 Å². The van der Waals surface area contributed by atoms with Crippen LogP contribution in [0.5, 0.6) is 5.75 Å². The first-order chi connectivity index (χ1) is 12.7. The van der Waals surface area contributed by atoms with E-state index in [0.717, 1.165) is 11.1 Å². The maximum Gasteiger partial charge on any atom is 0.353 e. The van der Waals surface area contributed by atoms with Crippen LogP contribution in [0.1, 0.15) is 20.8 Å². The van der Waals surface area contributed by atoms with Gasteiger partial charge in [0.1, 0.15) is 10.6 Å². The molecule has 0 spiro atoms. The van der Waals surface area contributed by atoms with Gasteiger partial charge in [-0.05, 0) is 46.8 Å². The van der Waals surface area contributed by atoms with Crippen molar-refractivity contribution in [3.8, 4) is 5.75 Å². The Morgan fingerprint density at radius 2 is 1.77 bits per heavy atom. The molecule has 0 saturated heterocycles. The van der Waals surface area contributed by atoms with Crippen molar-refractivity contribution in [2.75, 3.05) is 0 Å². The number of thiophene rings is 1. The van der Waals surface area contributed by atoms with Gasteiger partial charge in [0.05, 0.1) is 12.6 Å². The van der Waals surface area contributed by atoms with Crippen LogP contribution in [0, 0.1) is 0 Å². The van der Waals surface area contributed by atoms with Gasteiger partial charge in [0.25, 0.3) is 0 Å². The van der Waals surface area contributed by atoms with Gasteiger partial charge in [0, 0.05) is 0 Å². The van der Waals surface area contributed by atoms with Gasteiger partial charge in [-0.15, -0.1) is 11.3 Å². The van der Waals surface area contributed by atoms with Crippen molar-refractivity contribution in [1.29, 1.82) is 0 Å². The fourth-order valence-electron chi connectivity index (χ4n) is 2.17. The van der Waals surface area contributed by atoms with E-state index in [2.05, 4.69) is 10.5 Å². The second kappa shape index (κ2) is 8.73. The van der Waals surface area contributed by atoms with Crippen molar-refractivity contribution in [2.24, 2.45) is 5.10 Å². The number of rotatable bonds is 6. The summed E-state index contributed by atoms with van der Waals surface area (Å²) in [6.07, 6.45) is 1.81. The summed E-state index contributed by atoms with van der Waals surface area (Å²) in [5.74, 6) is -0.114. The number of hydrogen-bond donors (Lipinski definition) is 1. The largest absolute Gasteiger partial charge is 0.422 e. The molecule has 0 unspecified atom stereocenters. The molecular formula is C20H16N2O3S. The first-order valence-corrected chi connectivity index (χ1v) is 8.80. The number of nitrogens with one attached hydrogen (secondary N) is 1. The third kappa shape index (κ3) is 5.12. The lowest BCUT2D eigenvalue weighted by Gasteiger charge is -2.03. The molecule has 0 aliphatic heterocycles. The summed E-state index contributed by atoms with van der Waals surface area (Å²) in [5.41, 5.74) is 4.20. The van der Waals surface area contributed by atoms with E-state index in [9.17, 15) is 9.59 Å². The number of hydrazone groups is 1. The van der Waals surface area contributed by atoms with Crippen LogP contribution in [0.3, 0.4) is 0 Å². The van der Waals surface area contributed by atoms with Crippen LogP contribution in [0.4, 0.5) is 0 Å². The number of carbonyl (C=O) groups is 2. The predicted octanol–water partition coefficient (Wildman–Crippen LogP) is 3.66. The van der Waals surface area contributed by atoms with Gasteiger partial charge >= 0.3 is 5.97 Å². The van der Waals surface area contributed by atoms with Crippen LogP contribution >= 0.6 is 11.3 Å². The molecule has 3 rings (SSSR count). The summed E-state index contributed by atoms with van der Waals surface area (Å²) in [6, 6.07) is 19.8. The average molecular weight is 364 g/mol. The van der Waals surface area contributed by atoms with E-state index in [-0.39, 0.29) is 18.3 Å². The Labute approximate surface area is 154 Å². The normalized spacial score (nSPS) is 10.6. The van der Waals surface area contributed by atoms with Crippen molar-refractivity contribution in [1.82, 2.24) is 5.43 Å². The molecule has 0 saturated carbocycles. The van der Waals surface area contributed by atoms with Crippen molar-refractivity contribution >= 4 is 29.4 Å². The highest BCUT2D eigenvalue weighted by Crippen LogP contribution is 2.16. The molecule has 1 amide bonds. The van der Waals surface area contributed by atoms with Gasteiger partial charge in [-0.2, -0.15) is 5.10 Å². The maximum absolute atomic E-state index is 11.9. The molecule has 5 nitrogen and oxygen atoms in total. The predicted molar refractivity (Wildman–Crippen MR) is 102 cm³/mol. The SMILES string of the molecule is O=C(Cc1ccccc1)NN=Cc1ccc(OC(=O)c2cccs2)cc1. The first kappa shape index (κ1) is 17.6. The molecule has 0 atom stereocenters. The monoisotopic (exact) mass is 364 g/mol. The zero-order valence-electron chi connectivity index (χ0n) is 13.8. The summed E-state index contributed by atoms with van der Waals surface area (Å²) in [6.45, 7) is 0. The van der Waals surface area contributed by atoms with Crippen molar-refractivity contribution < 1.29 is 14.3 Å². The molecule has 1 heterocycles. The summed E-state index contributed by atoms with van der Waals surface area (Å²) in [5, 5.41) is 5.76. The third-order valence-electron chi connectivity index (χ3n) is 3.42. The standard InChI is InChI=1S/C20H16N2O3S/c23-19(13-15-5-2-1-3-6-15)22-21-14-16-8-10-17(11-9-16)25-20(24)18-7-4-12-26-18/h1-12,14H,13H2,(H,22,23). The average Bonchev–Trinajstić information content (AvgIpc) is 3.19. The molecule has 0 aliphatic rings. The quantitative estimate of drug-likeness (QED) is 0.314. The number of ether oxygens (including phenoxy) is 1. The zero-order chi connectivity index (χ0) is 18.2. The number of carbonyl (C=O) groups excluding carboxylic acids is 2. The van der Waals surface area contributed by atoms with Crippen LogP contribution in [-0.2, 0) is 11.2 Å². The lowest BCUT2D eigenvalue weighted by molar-refractivity contribution is -0.120. The number of nitrogens with zero attached hydrogens (tertiary/aromatic N) is 1. The first-order valence-electron chi connectivity index (χ1n) is 7.92. The highest BCUT2D eigenvalue weighted by Gasteiger charge is 2.09. The molecule has 1 N–H and O–H groups in total. The van der Waals surface area contributed by atoms with E-state index in [4.69, 9.17) is 4.74 Å². The van der Waals surface area contributed by atoms with Gasteiger partial charge in [-0.3, -0.25) is 4.79 Å². The fraction of sp³-hybridized carbons (Fsp3) is 0.0500. The van der Waals surface area contributed by atoms with Gasteiger partial charge in [0.15, 0.2) is 0 Å². The minimum Gasteiger partial charge on any atom is -0.422 e. The van der Waals surface area contributed by atoms with Crippen LogP contribution in [0.15, 0.2) is 77.2 Å². The fourth-order valence-corrected chi connectivity index (χ4v) is 2.77. The minimum absolute atomic E-state index is 0.186. The number of esters is 1. The summed E-state index contributed by atoms with van der Waals surface area (Å²) in [7, 11) is 0. The Kier molecular flexibility index (Phi) is 5.90. The maximum atomic E-state index is 11.9. The molecule has 1 aromatic heterocycles. The van der Waals surface area contributed by atoms with Crippen molar-refractivity contribution in [3.05, 3.63) is 88.1 Å². The summed E-state index contributed by atoms with van der Waals surface area (Å²) >= 11 is 1.33. The number of benzene rings is 2. The molecule has 6 heteroatoms. The molecule has 2 aromatic carbocycles. The van der Waals surface area contributed by atoms with Gasteiger partial charge in [-0.1, -0.05) is 36.4 Å². The Morgan fingerprint density at radius 3 is 2.46 bits per heavy atom. The van der Waals surface area contributed by atoms with Crippen molar-refractivity contribution in [3.63, 3.8) is 0 Å². The number of hydrogen-bond acceptors (Lipinski definition) is 5. The van der Waals surface area contributed by atoms with Crippen LogP contribution in [0.25, 0.3) is 0 Å². The molecular weight excluding hydrogens is 348 g/mol. The van der Waals surface area contributed by atoms with E-state index >= 15 is 0 Å². The van der Waals surface area contributed by atoms with E-state index in [1.807, 2.05) is 35.7 Å². The molecule has 0 radical (unpaired) electrons. The van der Waals surface area contributed by atoms with Crippen LogP contribution < -0.4 is 10.2 Å². The minimum atomic E-state index is -0.380. The Balaban J connectivity index is 1.50. The summed E-state index contributed by atoms with van der Waals surface area (Å²) in [4.78, 5) is 24.2. The lowest BCUT2D eigenvalue weighted by Crippen LogP contribution is -2.19. The third-order valence-corrected chi connectivity index (χ3v) is 4.27. The van der Waals surface area contributed by atoms with Gasteiger partial charge in [-0.25, -0.2) is 10.2 Å². The van der Waals surface area contributed by atoms with Crippen LogP contribution in [0.2, 0.25) is 0 Å². The molecule has 26 heavy (non-hydrogen) atoms. The second-order valence-corrected chi connectivity index (χ2v) is 6.34. The van der Waals surface area contributed by atoms with E-state index in [1.165, 1.54) is 17.6 Å². The smallest absolute Gasteiger partial charge is 0.353 e. The Hall–Kier alpha value is -3.25. The van der Waals surface area contributed by atoms with Gasteiger partial charge < -0.3 is 4.74 Å². The molecule has 0 aliphatic carbocycles.